The predicted molar refractivity (Wildman–Crippen MR) is 161 cm³/mol. The highest BCUT2D eigenvalue weighted by Gasteiger charge is 2.29. The minimum atomic E-state index is -0.203. The van der Waals surface area contributed by atoms with Crippen LogP contribution in [0.3, 0.4) is 0 Å². The van der Waals surface area contributed by atoms with Gasteiger partial charge in [-0.3, -0.25) is 19.0 Å². The average molecular weight is 631 g/mol. The molecule has 2 aromatic heterocycles. The van der Waals surface area contributed by atoms with Gasteiger partial charge in [-0.05, 0) is 70.4 Å². The molecule has 41 heavy (non-hydrogen) atoms. The normalized spacial score (nSPS) is 12.8. The summed E-state index contributed by atoms with van der Waals surface area (Å²) in [4.78, 5) is 41.5. The fourth-order valence-corrected chi connectivity index (χ4v) is 5.71. The van der Waals surface area contributed by atoms with E-state index in [1.165, 1.54) is 0 Å². The minimum Gasteiger partial charge on any atom is -0.355 e. The van der Waals surface area contributed by atoms with Crippen molar-refractivity contribution in [3.8, 4) is 5.69 Å². The summed E-state index contributed by atoms with van der Waals surface area (Å²) >= 11 is 9.63. The molecule has 0 aliphatic carbocycles. The number of halogens is 2. The fourth-order valence-electron chi connectivity index (χ4n) is 5.29. The molecule has 0 unspecified atom stereocenters. The number of nitrogens with one attached hydrogen (secondary N) is 1. The van der Waals surface area contributed by atoms with Gasteiger partial charge in [0.25, 0.3) is 17.4 Å². The SMILES string of the molecule is CNC(=O)c1ccc(-n2c(=O)c3c(n4ncc(Cc5ccccc5)c24)CN(C(=O)c2ccc(Br)c(Cl)c2)CC3)cc1. The number of carbonyl (C=O) groups is 2. The number of benzene rings is 3. The molecule has 1 aliphatic heterocycles. The van der Waals surface area contributed by atoms with Gasteiger partial charge in [0.1, 0.15) is 5.65 Å². The van der Waals surface area contributed by atoms with Gasteiger partial charge in [-0.2, -0.15) is 5.10 Å². The van der Waals surface area contributed by atoms with Crippen molar-refractivity contribution in [1.82, 2.24) is 24.4 Å². The molecule has 3 heterocycles. The Balaban J connectivity index is 1.48. The van der Waals surface area contributed by atoms with Crippen LogP contribution in [0.5, 0.6) is 0 Å². The summed E-state index contributed by atoms with van der Waals surface area (Å²) in [5.41, 5.74) is 5.33. The van der Waals surface area contributed by atoms with Crippen molar-refractivity contribution in [2.75, 3.05) is 13.6 Å². The lowest BCUT2D eigenvalue weighted by Gasteiger charge is -2.30. The molecule has 0 spiro atoms. The van der Waals surface area contributed by atoms with E-state index in [1.54, 1.807) is 69.7 Å². The molecule has 10 heteroatoms. The van der Waals surface area contributed by atoms with E-state index >= 15 is 0 Å². The monoisotopic (exact) mass is 629 g/mol. The van der Waals surface area contributed by atoms with Crippen molar-refractivity contribution in [1.29, 1.82) is 0 Å². The lowest BCUT2D eigenvalue weighted by Crippen LogP contribution is -2.41. The van der Waals surface area contributed by atoms with Gasteiger partial charge in [0.15, 0.2) is 0 Å². The maximum atomic E-state index is 14.2. The van der Waals surface area contributed by atoms with Gasteiger partial charge < -0.3 is 10.2 Å². The van der Waals surface area contributed by atoms with Crippen LogP contribution >= 0.6 is 27.5 Å². The molecule has 0 fully saturated rings. The summed E-state index contributed by atoms with van der Waals surface area (Å²) in [5, 5.41) is 7.81. The van der Waals surface area contributed by atoms with Gasteiger partial charge in [0.2, 0.25) is 0 Å². The van der Waals surface area contributed by atoms with E-state index in [0.29, 0.717) is 62.6 Å². The molecule has 1 aliphatic rings. The standard InChI is InChI=1S/C31H25BrClN5O3/c1-34-28(39)20-7-10-23(11-8-20)37-29-22(15-19-5-3-2-4-6-19)17-35-38(29)27-18-36(14-13-24(27)31(37)41)30(40)21-9-12-25(32)26(33)16-21/h2-12,16-17H,13-15,18H2,1H3,(H,34,39). The third-order valence-electron chi connectivity index (χ3n) is 7.37. The highest BCUT2D eigenvalue weighted by molar-refractivity contribution is 9.10. The molecule has 8 nitrogen and oxygen atoms in total. The summed E-state index contributed by atoms with van der Waals surface area (Å²) < 4.78 is 4.17. The van der Waals surface area contributed by atoms with Crippen molar-refractivity contribution in [3.63, 3.8) is 0 Å². The van der Waals surface area contributed by atoms with Crippen molar-refractivity contribution in [2.24, 2.45) is 0 Å². The first-order valence-electron chi connectivity index (χ1n) is 13.1. The summed E-state index contributed by atoms with van der Waals surface area (Å²) in [6.07, 6.45) is 2.73. The highest BCUT2D eigenvalue weighted by Crippen LogP contribution is 2.27. The molecule has 6 rings (SSSR count). The number of fused-ring (bicyclic) bond motifs is 3. The number of hydrogen-bond acceptors (Lipinski definition) is 4. The van der Waals surface area contributed by atoms with Crippen LogP contribution in [0.25, 0.3) is 11.3 Å². The van der Waals surface area contributed by atoms with Crippen LogP contribution in [-0.2, 0) is 19.4 Å². The zero-order chi connectivity index (χ0) is 28.7. The Hall–Kier alpha value is -4.21. The van der Waals surface area contributed by atoms with E-state index in [1.807, 2.05) is 30.3 Å². The van der Waals surface area contributed by atoms with Crippen LogP contribution in [0, 0.1) is 0 Å². The van der Waals surface area contributed by atoms with Crippen LogP contribution in [0.4, 0.5) is 0 Å². The number of amides is 2. The van der Waals surface area contributed by atoms with Gasteiger partial charge >= 0.3 is 0 Å². The second kappa shape index (κ2) is 11.0. The lowest BCUT2D eigenvalue weighted by molar-refractivity contribution is 0.0729. The Morgan fingerprint density at radius 3 is 2.46 bits per heavy atom. The Morgan fingerprint density at radius 2 is 1.76 bits per heavy atom. The van der Waals surface area contributed by atoms with Gasteiger partial charge in [-0.15, -0.1) is 0 Å². The zero-order valence-electron chi connectivity index (χ0n) is 22.1. The van der Waals surface area contributed by atoms with Crippen LogP contribution in [-0.4, -0.2) is 44.5 Å². The molecule has 0 saturated carbocycles. The molecule has 0 atom stereocenters. The first-order chi connectivity index (χ1) is 19.9. The smallest absolute Gasteiger partial charge is 0.261 e. The highest BCUT2D eigenvalue weighted by atomic mass is 79.9. The third kappa shape index (κ3) is 4.96. The zero-order valence-corrected chi connectivity index (χ0v) is 24.4. The van der Waals surface area contributed by atoms with Crippen LogP contribution < -0.4 is 10.9 Å². The maximum Gasteiger partial charge on any atom is 0.261 e. The Morgan fingerprint density at radius 1 is 1.02 bits per heavy atom. The van der Waals surface area contributed by atoms with E-state index in [9.17, 15) is 14.4 Å². The Labute approximate surface area is 249 Å². The number of nitrogens with zero attached hydrogens (tertiary/aromatic N) is 4. The van der Waals surface area contributed by atoms with Gasteiger partial charge in [-0.1, -0.05) is 41.9 Å². The van der Waals surface area contributed by atoms with E-state index in [0.717, 1.165) is 11.1 Å². The summed E-state index contributed by atoms with van der Waals surface area (Å²) in [6.45, 7) is 0.616. The largest absolute Gasteiger partial charge is 0.355 e. The Bertz CT molecular complexity index is 1870. The quantitative estimate of drug-likeness (QED) is 0.295. The van der Waals surface area contributed by atoms with Crippen LogP contribution in [0.1, 0.15) is 43.1 Å². The number of aromatic nitrogens is 3. The molecule has 5 aromatic rings. The van der Waals surface area contributed by atoms with Crippen molar-refractivity contribution in [2.45, 2.75) is 19.4 Å². The topological polar surface area (TPSA) is 88.7 Å². The van der Waals surface area contributed by atoms with E-state index in [2.05, 4.69) is 21.2 Å². The second-order valence-electron chi connectivity index (χ2n) is 9.86. The van der Waals surface area contributed by atoms with E-state index in [-0.39, 0.29) is 23.9 Å². The van der Waals surface area contributed by atoms with Crippen molar-refractivity contribution in [3.05, 3.63) is 132 Å². The molecule has 0 saturated heterocycles. The molecule has 3 aromatic carbocycles. The molecular weight excluding hydrogens is 606 g/mol. The molecule has 0 radical (unpaired) electrons. The molecule has 2 amide bonds. The first kappa shape index (κ1) is 27.0. The molecule has 1 N–H and O–H groups in total. The van der Waals surface area contributed by atoms with E-state index < -0.39 is 0 Å². The molecular formula is C31H25BrClN5O3. The van der Waals surface area contributed by atoms with Crippen molar-refractivity contribution < 1.29 is 9.59 Å². The summed E-state index contributed by atoms with van der Waals surface area (Å²) in [6, 6.07) is 22.1. The summed E-state index contributed by atoms with van der Waals surface area (Å²) in [5.74, 6) is -0.366. The van der Waals surface area contributed by atoms with Crippen LogP contribution in [0.2, 0.25) is 5.02 Å². The third-order valence-corrected chi connectivity index (χ3v) is 8.60. The van der Waals surface area contributed by atoms with Gasteiger partial charge in [0.05, 0.1) is 29.1 Å². The Kier molecular flexibility index (Phi) is 7.23. The van der Waals surface area contributed by atoms with Gasteiger partial charge in [-0.25, -0.2) is 4.52 Å². The van der Waals surface area contributed by atoms with Gasteiger partial charge in [0, 0.05) is 46.7 Å². The van der Waals surface area contributed by atoms with Crippen molar-refractivity contribution >= 4 is 45.0 Å². The second-order valence-corrected chi connectivity index (χ2v) is 11.1. The lowest BCUT2D eigenvalue weighted by atomic mass is 10.0. The summed E-state index contributed by atoms with van der Waals surface area (Å²) in [7, 11) is 1.58. The number of rotatable bonds is 5. The predicted octanol–water partition coefficient (Wildman–Crippen LogP) is 5.05. The van der Waals surface area contributed by atoms with E-state index in [4.69, 9.17) is 16.7 Å². The average Bonchev–Trinajstić information content (AvgIpc) is 3.41. The number of carbonyl (C=O) groups excluding carboxylic acids is 2. The minimum absolute atomic E-state index is 0.159. The maximum absolute atomic E-state index is 14.2. The first-order valence-corrected chi connectivity index (χ1v) is 14.3. The fraction of sp³-hybridized carbons (Fsp3) is 0.161. The molecule has 206 valence electrons. The molecule has 0 bridgehead atoms. The number of hydrogen-bond donors (Lipinski definition) is 1. The van der Waals surface area contributed by atoms with Crippen LogP contribution in [0.15, 0.2) is 88.3 Å².